The molecule has 0 fully saturated rings. The van der Waals surface area contributed by atoms with Crippen LogP contribution in [0, 0.1) is 6.92 Å². The third kappa shape index (κ3) is 3.96. The summed E-state index contributed by atoms with van der Waals surface area (Å²) >= 11 is 13.3. The van der Waals surface area contributed by atoms with Crippen LogP contribution in [0.25, 0.3) is 10.2 Å². The Morgan fingerprint density at radius 2 is 1.89 bits per heavy atom. The lowest BCUT2D eigenvalue weighted by molar-refractivity contribution is -0.128. The van der Waals surface area contributed by atoms with Crippen LogP contribution in [0.3, 0.4) is 0 Å². The molecule has 2 aromatic heterocycles. The van der Waals surface area contributed by atoms with E-state index in [9.17, 15) is 14.4 Å². The van der Waals surface area contributed by atoms with Gasteiger partial charge < -0.3 is 16.8 Å². The highest BCUT2D eigenvalue weighted by Gasteiger charge is 2.26. The molecule has 28 heavy (non-hydrogen) atoms. The number of carbonyl (C=O) groups is 3. The molecule has 8 nitrogen and oxygen atoms in total. The zero-order valence-corrected chi connectivity index (χ0v) is 16.9. The van der Waals surface area contributed by atoms with Crippen LogP contribution in [0.5, 0.6) is 0 Å². The summed E-state index contributed by atoms with van der Waals surface area (Å²) in [6.07, 6.45) is 0. The van der Waals surface area contributed by atoms with Crippen LogP contribution in [0.15, 0.2) is 24.3 Å². The number of primary amides is 2. The zero-order valence-electron chi connectivity index (χ0n) is 14.5. The first kappa shape index (κ1) is 20.1. The first-order chi connectivity index (χ1) is 13.2. The van der Waals surface area contributed by atoms with Gasteiger partial charge in [-0.25, -0.2) is 0 Å². The molecule has 0 spiro atoms. The molecule has 0 bridgehead atoms. The summed E-state index contributed by atoms with van der Waals surface area (Å²) in [6.45, 7) is 2.19. The number of fused-ring (bicyclic) bond motifs is 1. The highest BCUT2D eigenvalue weighted by Crippen LogP contribution is 2.30. The molecule has 0 unspecified atom stereocenters. The lowest BCUT2D eigenvalue weighted by atomic mass is 10.2. The number of nitrogens with zero attached hydrogens (tertiary/aromatic N) is 2. The van der Waals surface area contributed by atoms with Gasteiger partial charge in [-0.3, -0.25) is 19.1 Å². The highest BCUT2D eigenvalue weighted by molar-refractivity contribution is 7.20. The van der Waals surface area contributed by atoms with E-state index in [-0.39, 0.29) is 0 Å². The van der Waals surface area contributed by atoms with E-state index in [4.69, 9.17) is 34.7 Å². The number of aryl methyl sites for hydroxylation is 1. The number of hydrogen-bond acceptors (Lipinski definition) is 5. The molecule has 5 N–H and O–H groups in total. The van der Waals surface area contributed by atoms with E-state index in [1.807, 2.05) is 6.92 Å². The fourth-order valence-electron chi connectivity index (χ4n) is 2.63. The summed E-state index contributed by atoms with van der Waals surface area (Å²) in [7, 11) is 0. The summed E-state index contributed by atoms with van der Waals surface area (Å²) in [6, 6.07) is 5.24. The van der Waals surface area contributed by atoms with E-state index < -0.39 is 23.8 Å². The monoisotopic (exact) mass is 439 g/mol. The molecule has 0 saturated heterocycles. The minimum Gasteiger partial charge on any atom is -0.367 e. The van der Waals surface area contributed by atoms with Crippen LogP contribution >= 0.6 is 34.5 Å². The van der Waals surface area contributed by atoms with Crippen molar-refractivity contribution >= 4 is 62.5 Å². The maximum absolute atomic E-state index is 12.4. The van der Waals surface area contributed by atoms with Crippen molar-refractivity contribution in [1.29, 1.82) is 0 Å². The highest BCUT2D eigenvalue weighted by atomic mass is 35.5. The molecule has 3 aromatic rings. The van der Waals surface area contributed by atoms with Gasteiger partial charge in [0, 0.05) is 15.4 Å². The standard InChI is InChI=1S/C17H15Cl2N5O3S/c1-7-10-5-12(16(27)22-13(14(20)25)15(21)26)28-17(10)24(23-7)6-8-2-3-9(18)4-11(8)19/h2-5,13H,6H2,1H3,(H2,20,25)(H2,21,26)(H,22,27). The third-order valence-corrected chi connectivity index (χ3v) is 5.75. The summed E-state index contributed by atoms with van der Waals surface area (Å²) < 4.78 is 1.72. The van der Waals surface area contributed by atoms with Gasteiger partial charge in [0.05, 0.1) is 17.1 Å². The molecule has 11 heteroatoms. The van der Waals surface area contributed by atoms with Gasteiger partial charge in [0.15, 0.2) is 6.04 Å². The van der Waals surface area contributed by atoms with Crippen molar-refractivity contribution in [3.05, 3.63) is 50.4 Å². The Balaban J connectivity index is 1.92. The van der Waals surface area contributed by atoms with Gasteiger partial charge in [0.1, 0.15) is 4.83 Å². The van der Waals surface area contributed by atoms with E-state index in [1.54, 1.807) is 28.9 Å². The molecular weight excluding hydrogens is 425 g/mol. The number of halogens is 2. The average Bonchev–Trinajstić information content (AvgIpc) is 3.16. The van der Waals surface area contributed by atoms with Gasteiger partial charge in [-0.2, -0.15) is 5.10 Å². The van der Waals surface area contributed by atoms with Crippen molar-refractivity contribution in [1.82, 2.24) is 15.1 Å². The molecule has 0 aliphatic carbocycles. The van der Waals surface area contributed by atoms with Crippen molar-refractivity contribution in [2.75, 3.05) is 0 Å². The van der Waals surface area contributed by atoms with Gasteiger partial charge in [-0.1, -0.05) is 29.3 Å². The summed E-state index contributed by atoms with van der Waals surface area (Å²) in [5, 5.41) is 8.54. The Morgan fingerprint density at radius 3 is 2.50 bits per heavy atom. The summed E-state index contributed by atoms with van der Waals surface area (Å²) in [5.74, 6) is -2.68. The Hall–Kier alpha value is -2.62. The molecule has 3 rings (SSSR count). The van der Waals surface area contributed by atoms with Gasteiger partial charge in [-0.15, -0.1) is 11.3 Å². The van der Waals surface area contributed by atoms with E-state index >= 15 is 0 Å². The smallest absolute Gasteiger partial charge is 0.262 e. The first-order valence-corrected chi connectivity index (χ1v) is 9.55. The largest absolute Gasteiger partial charge is 0.367 e. The number of hydrogen-bond donors (Lipinski definition) is 3. The van der Waals surface area contributed by atoms with Gasteiger partial charge in [0.2, 0.25) is 11.8 Å². The van der Waals surface area contributed by atoms with E-state index in [0.717, 1.165) is 32.8 Å². The van der Waals surface area contributed by atoms with Crippen molar-refractivity contribution < 1.29 is 14.4 Å². The number of carbonyl (C=O) groups excluding carboxylic acids is 3. The van der Waals surface area contributed by atoms with Crippen molar-refractivity contribution in [2.45, 2.75) is 19.5 Å². The Kier molecular flexibility index (Phi) is 5.59. The van der Waals surface area contributed by atoms with Crippen LogP contribution in [0.1, 0.15) is 20.9 Å². The summed E-state index contributed by atoms with van der Waals surface area (Å²) in [4.78, 5) is 36.0. The van der Waals surface area contributed by atoms with Gasteiger partial charge in [0.25, 0.3) is 5.91 Å². The van der Waals surface area contributed by atoms with E-state index in [1.165, 1.54) is 0 Å². The Bertz CT molecular complexity index is 1090. The fraction of sp³-hybridized carbons (Fsp3) is 0.176. The molecule has 0 atom stereocenters. The topological polar surface area (TPSA) is 133 Å². The molecule has 3 amide bonds. The number of rotatable bonds is 6. The first-order valence-electron chi connectivity index (χ1n) is 7.97. The molecule has 0 radical (unpaired) electrons. The third-order valence-electron chi connectivity index (χ3n) is 4.01. The second-order valence-corrected chi connectivity index (χ2v) is 7.89. The number of aromatic nitrogens is 2. The molecule has 0 aliphatic rings. The fourth-order valence-corrected chi connectivity index (χ4v) is 4.16. The number of nitrogens with two attached hydrogens (primary N) is 2. The van der Waals surface area contributed by atoms with Gasteiger partial charge >= 0.3 is 0 Å². The maximum Gasteiger partial charge on any atom is 0.262 e. The number of amides is 3. The van der Waals surface area contributed by atoms with Crippen LogP contribution in [-0.2, 0) is 16.1 Å². The quantitative estimate of drug-likeness (QED) is 0.505. The van der Waals surface area contributed by atoms with Crippen LogP contribution in [0.2, 0.25) is 10.0 Å². The Morgan fingerprint density at radius 1 is 1.21 bits per heavy atom. The van der Waals surface area contributed by atoms with Crippen molar-refractivity contribution in [3.8, 4) is 0 Å². The van der Waals surface area contributed by atoms with E-state index in [0.29, 0.717) is 21.5 Å². The zero-order chi connectivity index (χ0) is 20.6. The van der Waals surface area contributed by atoms with Crippen LogP contribution < -0.4 is 16.8 Å². The normalized spacial score (nSPS) is 11.1. The van der Waals surface area contributed by atoms with Gasteiger partial charge in [-0.05, 0) is 30.7 Å². The van der Waals surface area contributed by atoms with E-state index in [2.05, 4.69) is 10.4 Å². The van der Waals surface area contributed by atoms with Crippen LogP contribution in [-0.4, -0.2) is 33.5 Å². The molecule has 0 saturated carbocycles. The van der Waals surface area contributed by atoms with Crippen molar-refractivity contribution in [3.63, 3.8) is 0 Å². The van der Waals surface area contributed by atoms with Crippen molar-refractivity contribution in [2.24, 2.45) is 11.5 Å². The molecule has 146 valence electrons. The molecular formula is C17H15Cl2N5O3S. The predicted molar refractivity (Wildman–Crippen MR) is 108 cm³/mol. The number of nitrogens with one attached hydrogen (secondary N) is 1. The lowest BCUT2D eigenvalue weighted by Crippen LogP contribution is -2.52. The second-order valence-electron chi connectivity index (χ2n) is 6.02. The summed E-state index contributed by atoms with van der Waals surface area (Å²) in [5.41, 5.74) is 11.7. The molecule has 2 heterocycles. The number of benzene rings is 1. The minimum atomic E-state index is -1.58. The van der Waals surface area contributed by atoms with Crippen LogP contribution in [0.4, 0.5) is 0 Å². The molecule has 0 aliphatic heterocycles. The Labute approximate surface area is 173 Å². The molecule has 1 aromatic carbocycles. The predicted octanol–water partition coefficient (Wildman–Crippen LogP) is 1.83. The lowest BCUT2D eigenvalue weighted by Gasteiger charge is -2.10. The second kappa shape index (κ2) is 7.78. The SMILES string of the molecule is Cc1nn(Cc2ccc(Cl)cc2Cl)c2sc(C(=O)NC(C(N)=O)C(N)=O)cc12. The average molecular weight is 440 g/mol. The maximum atomic E-state index is 12.4. The minimum absolute atomic E-state index is 0.291. The number of thiophene rings is 1.